The van der Waals surface area contributed by atoms with Crippen LogP contribution in [-0.2, 0) is 19.5 Å². The van der Waals surface area contributed by atoms with E-state index in [9.17, 15) is 4.79 Å². The van der Waals surface area contributed by atoms with E-state index in [1.54, 1.807) is 6.20 Å². The number of benzene rings is 1. The molecule has 4 rings (SSSR count). The highest BCUT2D eigenvalue weighted by molar-refractivity contribution is 5.96. The molecule has 0 bridgehead atoms. The number of pyridine rings is 2. The first-order valence-corrected chi connectivity index (χ1v) is 13.7. The number of hydrogen-bond acceptors (Lipinski definition) is 5. The van der Waals surface area contributed by atoms with Crippen LogP contribution in [0.3, 0.4) is 0 Å². The van der Waals surface area contributed by atoms with Crippen LogP contribution in [0, 0.1) is 13.8 Å². The van der Waals surface area contributed by atoms with Gasteiger partial charge in [-0.05, 0) is 93.3 Å². The molecule has 6 nitrogen and oxygen atoms in total. The maximum Gasteiger partial charge on any atom is 0.253 e. The van der Waals surface area contributed by atoms with Gasteiger partial charge in [-0.3, -0.25) is 19.7 Å². The molecule has 3 aromatic rings. The zero-order valence-electron chi connectivity index (χ0n) is 22.5. The van der Waals surface area contributed by atoms with E-state index >= 15 is 0 Å². The molecular weight excluding hydrogens is 458 g/mol. The largest absolute Gasteiger partial charge is 0.348 e. The molecule has 1 amide bonds. The molecule has 1 aliphatic rings. The average molecular weight is 500 g/mol. The molecule has 6 heteroatoms. The van der Waals surface area contributed by atoms with Crippen LogP contribution in [0.15, 0.2) is 54.9 Å². The molecule has 0 aliphatic heterocycles. The second kappa shape index (κ2) is 12.9. The second-order valence-electron chi connectivity index (χ2n) is 10.2. The standard InChI is InChI=1S/C31H41N5O/c1-4-27(13-7-16-32)36(28-14-6-11-26-12-8-17-34-30(26)28)21-25-10-5-9-24(19-25)20-35-31(37)29-22(2)15-18-33-23(29)3/h5,8-10,12,15,17-19,27-28H,4,6-7,11,13-14,16,20-21,32H2,1-3H3,(H,35,37). The fourth-order valence-electron chi connectivity index (χ4n) is 5.72. The van der Waals surface area contributed by atoms with Gasteiger partial charge in [0.15, 0.2) is 0 Å². The Hall–Kier alpha value is -3.09. The molecule has 0 fully saturated rings. The molecule has 2 atom stereocenters. The zero-order chi connectivity index (χ0) is 26.2. The number of fused-ring (bicyclic) bond motifs is 1. The molecule has 2 unspecified atom stereocenters. The molecule has 37 heavy (non-hydrogen) atoms. The molecule has 2 heterocycles. The van der Waals surface area contributed by atoms with Gasteiger partial charge >= 0.3 is 0 Å². The molecule has 0 radical (unpaired) electrons. The van der Waals surface area contributed by atoms with Crippen molar-refractivity contribution in [3.05, 3.63) is 94.1 Å². The molecule has 0 saturated heterocycles. The van der Waals surface area contributed by atoms with E-state index < -0.39 is 0 Å². The highest BCUT2D eigenvalue weighted by Crippen LogP contribution is 2.36. The van der Waals surface area contributed by atoms with Crippen molar-refractivity contribution in [2.75, 3.05) is 6.54 Å². The third-order valence-electron chi connectivity index (χ3n) is 7.63. The van der Waals surface area contributed by atoms with Gasteiger partial charge in [-0.1, -0.05) is 37.3 Å². The first-order chi connectivity index (χ1) is 18.0. The fraction of sp³-hybridized carbons (Fsp3) is 0.452. The number of carbonyl (C=O) groups excluding carboxylic acids is 1. The van der Waals surface area contributed by atoms with Crippen molar-refractivity contribution in [1.29, 1.82) is 0 Å². The van der Waals surface area contributed by atoms with Gasteiger partial charge in [0.25, 0.3) is 5.91 Å². The van der Waals surface area contributed by atoms with Crippen molar-refractivity contribution < 1.29 is 4.79 Å². The molecule has 0 spiro atoms. The monoisotopic (exact) mass is 499 g/mol. The van der Waals surface area contributed by atoms with E-state index in [1.807, 2.05) is 26.1 Å². The van der Waals surface area contributed by atoms with Crippen LogP contribution in [-0.4, -0.2) is 33.4 Å². The third-order valence-corrected chi connectivity index (χ3v) is 7.63. The van der Waals surface area contributed by atoms with Crippen molar-refractivity contribution in [2.45, 2.75) is 84.5 Å². The summed E-state index contributed by atoms with van der Waals surface area (Å²) in [5.41, 5.74) is 13.3. The average Bonchev–Trinajstić information content (AvgIpc) is 2.91. The fourth-order valence-corrected chi connectivity index (χ4v) is 5.72. The van der Waals surface area contributed by atoms with E-state index in [0.717, 1.165) is 62.0 Å². The topological polar surface area (TPSA) is 84.1 Å². The minimum atomic E-state index is -0.0761. The number of carbonyl (C=O) groups is 1. The predicted octanol–water partition coefficient (Wildman–Crippen LogP) is 5.42. The highest BCUT2D eigenvalue weighted by Gasteiger charge is 2.31. The maximum absolute atomic E-state index is 12.9. The summed E-state index contributed by atoms with van der Waals surface area (Å²) in [5, 5.41) is 3.10. The Morgan fingerprint density at radius 3 is 2.76 bits per heavy atom. The molecular formula is C31H41N5O. The van der Waals surface area contributed by atoms with Gasteiger partial charge in [0.05, 0.1) is 23.0 Å². The summed E-state index contributed by atoms with van der Waals surface area (Å²) in [7, 11) is 0. The van der Waals surface area contributed by atoms with Gasteiger partial charge in [-0.15, -0.1) is 0 Å². The van der Waals surface area contributed by atoms with E-state index in [4.69, 9.17) is 10.7 Å². The van der Waals surface area contributed by atoms with E-state index in [-0.39, 0.29) is 5.91 Å². The molecule has 0 saturated carbocycles. The summed E-state index contributed by atoms with van der Waals surface area (Å²) in [6.07, 6.45) is 10.3. The lowest BCUT2D eigenvalue weighted by Gasteiger charge is -2.40. The predicted molar refractivity (Wildman–Crippen MR) is 149 cm³/mol. The van der Waals surface area contributed by atoms with Gasteiger partial charge in [-0.25, -0.2) is 0 Å². The van der Waals surface area contributed by atoms with Gasteiger partial charge in [0.1, 0.15) is 0 Å². The smallest absolute Gasteiger partial charge is 0.253 e. The van der Waals surface area contributed by atoms with E-state index in [1.165, 1.54) is 23.2 Å². The van der Waals surface area contributed by atoms with Crippen LogP contribution in [0.4, 0.5) is 0 Å². The Kier molecular flexibility index (Phi) is 9.42. The van der Waals surface area contributed by atoms with E-state index in [2.05, 4.69) is 58.5 Å². The lowest BCUT2D eigenvalue weighted by atomic mass is 9.88. The zero-order valence-corrected chi connectivity index (χ0v) is 22.5. The van der Waals surface area contributed by atoms with Crippen LogP contribution in [0.2, 0.25) is 0 Å². The third kappa shape index (κ3) is 6.62. The van der Waals surface area contributed by atoms with Crippen LogP contribution >= 0.6 is 0 Å². The Bertz CT molecular complexity index is 1170. The normalized spacial score (nSPS) is 15.9. The quantitative estimate of drug-likeness (QED) is 0.368. The summed E-state index contributed by atoms with van der Waals surface area (Å²) in [6.45, 7) is 8.17. The van der Waals surface area contributed by atoms with Crippen LogP contribution in [0.25, 0.3) is 0 Å². The summed E-state index contributed by atoms with van der Waals surface area (Å²) in [4.78, 5) is 24.7. The molecule has 1 aliphatic carbocycles. The van der Waals surface area contributed by atoms with Gasteiger partial charge in [0.2, 0.25) is 0 Å². The maximum atomic E-state index is 12.9. The number of nitrogens with two attached hydrogens (primary N) is 1. The number of nitrogens with zero attached hydrogens (tertiary/aromatic N) is 3. The number of aromatic nitrogens is 2. The van der Waals surface area contributed by atoms with Crippen LogP contribution < -0.4 is 11.1 Å². The molecule has 1 aromatic carbocycles. The SMILES string of the molecule is CCC(CCCN)N(Cc1cccc(CNC(=O)c2c(C)ccnc2C)c1)C1CCCc2cccnc21. The molecule has 2 aromatic heterocycles. The van der Waals surface area contributed by atoms with Crippen molar-refractivity contribution in [2.24, 2.45) is 5.73 Å². The Morgan fingerprint density at radius 2 is 1.97 bits per heavy atom. The first-order valence-electron chi connectivity index (χ1n) is 13.7. The Labute approximate surface area is 221 Å². The van der Waals surface area contributed by atoms with E-state index in [0.29, 0.717) is 24.2 Å². The van der Waals surface area contributed by atoms with Gasteiger partial charge in [0, 0.05) is 31.5 Å². The second-order valence-corrected chi connectivity index (χ2v) is 10.2. The van der Waals surface area contributed by atoms with Gasteiger partial charge < -0.3 is 11.1 Å². The molecule has 3 N–H and O–H groups in total. The van der Waals surface area contributed by atoms with Gasteiger partial charge in [-0.2, -0.15) is 0 Å². The van der Waals surface area contributed by atoms with Crippen molar-refractivity contribution in [1.82, 2.24) is 20.2 Å². The van der Waals surface area contributed by atoms with Crippen molar-refractivity contribution in [3.63, 3.8) is 0 Å². The molecule has 196 valence electrons. The van der Waals surface area contributed by atoms with Crippen LogP contribution in [0.5, 0.6) is 0 Å². The number of hydrogen-bond donors (Lipinski definition) is 2. The summed E-state index contributed by atoms with van der Waals surface area (Å²) >= 11 is 0. The number of nitrogens with one attached hydrogen (secondary N) is 1. The first kappa shape index (κ1) is 27.0. The highest BCUT2D eigenvalue weighted by atomic mass is 16.1. The Morgan fingerprint density at radius 1 is 1.14 bits per heavy atom. The summed E-state index contributed by atoms with van der Waals surface area (Å²) in [5.74, 6) is -0.0761. The number of amides is 1. The number of rotatable bonds is 11. The lowest BCUT2D eigenvalue weighted by Crippen LogP contribution is -2.40. The number of aryl methyl sites for hydroxylation is 3. The van der Waals surface area contributed by atoms with Crippen molar-refractivity contribution in [3.8, 4) is 0 Å². The minimum Gasteiger partial charge on any atom is -0.348 e. The Balaban J connectivity index is 1.53. The lowest BCUT2D eigenvalue weighted by molar-refractivity contribution is 0.0948. The van der Waals surface area contributed by atoms with Crippen molar-refractivity contribution >= 4 is 5.91 Å². The minimum absolute atomic E-state index is 0.0761. The van der Waals surface area contributed by atoms with Crippen LogP contribution in [0.1, 0.15) is 89.1 Å². The summed E-state index contributed by atoms with van der Waals surface area (Å²) in [6, 6.07) is 15.5. The summed E-state index contributed by atoms with van der Waals surface area (Å²) < 4.78 is 0.